The van der Waals surface area contributed by atoms with E-state index in [0.717, 1.165) is 11.3 Å². The Hall–Kier alpha value is -3.35. The van der Waals surface area contributed by atoms with Gasteiger partial charge >= 0.3 is 6.03 Å². The molecule has 0 saturated carbocycles. The van der Waals surface area contributed by atoms with Crippen molar-refractivity contribution in [3.8, 4) is 5.75 Å². The lowest BCUT2D eigenvalue weighted by Gasteiger charge is -2.21. The van der Waals surface area contributed by atoms with Crippen LogP contribution in [0.2, 0.25) is 0 Å². The van der Waals surface area contributed by atoms with E-state index in [1.54, 1.807) is 38.3 Å². The standard InChI is InChI=1S/C19H19N3O4/c1-19(17(24)21-18(25)22-19)14-7-4-6-13(10-14)16(23)20-11-12-5-3-8-15(9-12)26-2/h3-10H,11H2,1-2H3,(H,20,23)(H2,21,22,24,25). The topological polar surface area (TPSA) is 96.5 Å². The lowest BCUT2D eigenvalue weighted by molar-refractivity contribution is -0.123. The van der Waals surface area contributed by atoms with E-state index in [2.05, 4.69) is 16.0 Å². The van der Waals surface area contributed by atoms with Crippen molar-refractivity contribution in [3.63, 3.8) is 0 Å². The smallest absolute Gasteiger partial charge is 0.322 e. The van der Waals surface area contributed by atoms with Crippen LogP contribution in [0.4, 0.5) is 4.79 Å². The SMILES string of the molecule is COc1cccc(CNC(=O)c2cccc(C3(C)NC(=O)NC3=O)c2)c1. The fourth-order valence-electron chi connectivity index (χ4n) is 2.78. The monoisotopic (exact) mass is 353 g/mol. The molecule has 2 aromatic carbocycles. The normalized spacial score (nSPS) is 18.8. The summed E-state index contributed by atoms with van der Waals surface area (Å²) in [6.07, 6.45) is 0. The first-order valence-electron chi connectivity index (χ1n) is 8.07. The van der Waals surface area contributed by atoms with Crippen molar-refractivity contribution in [1.82, 2.24) is 16.0 Å². The first-order valence-corrected chi connectivity index (χ1v) is 8.07. The average Bonchev–Trinajstić information content (AvgIpc) is 2.92. The molecular formula is C19H19N3O4. The molecular weight excluding hydrogens is 334 g/mol. The Morgan fingerprint density at radius 1 is 1.15 bits per heavy atom. The fraction of sp³-hybridized carbons (Fsp3) is 0.211. The highest BCUT2D eigenvalue weighted by atomic mass is 16.5. The van der Waals surface area contributed by atoms with E-state index in [-0.39, 0.29) is 5.91 Å². The Kier molecular flexibility index (Phi) is 4.62. The number of hydrogen-bond acceptors (Lipinski definition) is 4. The Bertz CT molecular complexity index is 881. The van der Waals surface area contributed by atoms with E-state index in [1.165, 1.54) is 0 Å². The number of carbonyl (C=O) groups is 3. The summed E-state index contributed by atoms with van der Waals surface area (Å²) >= 11 is 0. The summed E-state index contributed by atoms with van der Waals surface area (Å²) in [6, 6.07) is 13.5. The van der Waals surface area contributed by atoms with Crippen molar-refractivity contribution in [2.45, 2.75) is 19.0 Å². The third-order valence-corrected chi connectivity index (χ3v) is 4.33. The molecule has 4 amide bonds. The molecule has 1 fully saturated rings. The fourth-order valence-corrected chi connectivity index (χ4v) is 2.78. The molecule has 1 aliphatic heterocycles. The van der Waals surface area contributed by atoms with E-state index < -0.39 is 17.5 Å². The van der Waals surface area contributed by atoms with Crippen LogP contribution in [0.1, 0.15) is 28.4 Å². The summed E-state index contributed by atoms with van der Waals surface area (Å²) in [4.78, 5) is 36.0. The van der Waals surface area contributed by atoms with Crippen molar-refractivity contribution >= 4 is 17.8 Å². The van der Waals surface area contributed by atoms with Gasteiger partial charge in [0.1, 0.15) is 11.3 Å². The minimum atomic E-state index is -1.19. The molecule has 1 saturated heterocycles. The zero-order chi connectivity index (χ0) is 18.7. The zero-order valence-electron chi connectivity index (χ0n) is 14.5. The summed E-state index contributed by atoms with van der Waals surface area (Å²) < 4.78 is 5.16. The second-order valence-corrected chi connectivity index (χ2v) is 6.15. The summed E-state index contributed by atoms with van der Waals surface area (Å²) in [5.41, 5.74) is 0.652. The van der Waals surface area contributed by atoms with E-state index in [9.17, 15) is 14.4 Å². The summed E-state index contributed by atoms with van der Waals surface area (Å²) in [6.45, 7) is 1.94. The summed E-state index contributed by atoms with van der Waals surface area (Å²) in [5.74, 6) is -0.00546. The molecule has 134 valence electrons. The van der Waals surface area contributed by atoms with Crippen molar-refractivity contribution in [3.05, 3.63) is 65.2 Å². The van der Waals surface area contributed by atoms with Crippen LogP contribution in [-0.4, -0.2) is 25.0 Å². The number of benzene rings is 2. The van der Waals surface area contributed by atoms with Gasteiger partial charge in [-0.1, -0.05) is 24.3 Å². The van der Waals surface area contributed by atoms with Gasteiger partial charge in [-0.15, -0.1) is 0 Å². The van der Waals surface area contributed by atoms with Gasteiger partial charge in [0.15, 0.2) is 0 Å². The molecule has 3 N–H and O–H groups in total. The van der Waals surface area contributed by atoms with E-state index in [1.807, 2.05) is 24.3 Å². The molecule has 0 bridgehead atoms. The lowest BCUT2D eigenvalue weighted by Crippen LogP contribution is -2.40. The molecule has 3 rings (SSSR count). The molecule has 1 aliphatic rings. The number of amides is 4. The highest BCUT2D eigenvalue weighted by Crippen LogP contribution is 2.25. The molecule has 26 heavy (non-hydrogen) atoms. The van der Waals surface area contributed by atoms with Crippen LogP contribution in [-0.2, 0) is 16.9 Å². The summed E-state index contributed by atoms with van der Waals surface area (Å²) in [5, 5.41) is 7.63. The molecule has 1 heterocycles. The first kappa shape index (κ1) is 17.5. The molecule has 7 heteroatoms. The maximum absolute atomic E-state index is 12.5. The minimum Gasteiger partial charge on any atom is -0.497 e. The third kappa shape index (κ3) is 3.37. The number of rotatable bonds is 5. The Morgan fingerprint density at radius 2 is 1.92 bits per heavy atom. The van der Waals surface area contributed by atoms with Crippen LogP contribution in [0.15, 0.2) is 48.5 Å². The van der Waals surface area contributed by atoms with Gasteiger partial charge in [-0.25, -0.2) is 4.79 Å². The molecule has 0 radical (unpaired) electrons. The maximum atomic E-state index is 12.5. The van der Waals surface area contributed by atoms with Gasteiger partial charge in [-0.2, -0.15) is 0 Å². The van der Waals surface area contributed by atoms with Gasteiger partial charge < -0.3 is 15.4 Å². The number of ether oxygens (including phenoxy) is 1. The van der Waals surface area contributed by atoms with E-state index in [0.29, 0.717) is 17.7 Å². The molecule has 0 spiro atoms. The lowest BCUT2D eigenvalue weighted by atomic mass is 9.91. The number of hydrogen-bond donors (Lipinski definition) is 3. The average molecular weight is 353 g/mol. The van der Waals surface area contributed by atoms with Crippen LogP contribution in [0.25, 0.3) is 0 Å². The van der Waals surface area contributed by atoms with Crippen molar-refractivity contribution in [2.24, 2.45) is 0 Å². The van der Waals surface area contributed by atoms with E-state index >= 15 is 0 Å². The van der Waals surface area contributed by atoms with E-state index in [4.69, 9.17) is 4.74 Å². The van der Waals surface area contributed by atoms with Gasteiger partial charge in [0, 0.05) is 12.1 Å². The van der Waals surface area contributed by atoms with Gasteiger partial charge in [0.05, 0.1) is 7.11 Å². The Labute approximate surface area is 150 Å². The maximum Gasteiger partial charge on any atom is 0.322 e. The zero-order valence-corrected chi connectivity index (χ0v) is 14.5. The Morgan fingerprint density at radius 3 is 2.62 bits per heavy atom. The van der Waals surface area contributed by atoms with Crippen LogP contribution in [0, 0.1) is 0 Å². The highest BCUT2D eigenvalue weighted by Gasteiger charge is 2.43. The van der Waals surface area contributed by atoms with Gasteiger partial charge in [0.2, 0.25) is 0 Å². The highest BCUT2D eigenvalue weighted by molar-refractivity contribution is 6.07. The molecule has 1 unspecified atom stereocenters. The van der Waals surface area contributed by atoms with Crippen LogP contribution >= 0.6 is 0 Å². The number of urea groups is 1. The van der Waals surface area contributed by atoms with Gasteiger partial charge in [-0.05, 0) is 42.3 Å². The molecule has 2 aromatic rings. The second-order valence-electron chi connectivity index (χ2n) is 6.15. The minimum absolute atomic E-state index is 0.275. The predicted octanol–water partition coefficient (Wildman–Crippen LogP) is 1.68. The quantitative estimate of drug-likeness (QED) is 0.713. The van der Waals surface area contributed by atoms with Crippen molar-refractivity contribution < 1.29 is 19.1 Å². The predicted molar refractivity (Wildman–Crippen MR) is 94.6 cm³/mol. The van der Waals surface area contributed by atoms with Gasteiger partial charge in [0.25, 0.3) is 11.8 Å². The third-order valence-electron chi connectivity index (χ3n) is 4.33. The number of imide groups is 1. The van der Waals surface area contributed by atoms with Crippen molar-refractivity contribution in [1.29, 1.82) is 0 Å². The van der Waals surface area contributed by atoms with Crippen LogP contribution < -0.4 is 20.7 Å². The second kappa shape index (κ2) is 6.87. The van der Waals surface area contributed by atoms with Crippen LogP contribution in [0.3, 0.4) is 0 Å². The largest absolute Gasteiger partial charge is 0.497 e. The molecule has 0 aliphatic carbocycles. The molecule has 0 aromatic heterocycles. The van der Waals surface area contributed by atoms with Crippen LogP contribution in [0.5, 0.6) is 5.75 Å². The summed E-state index contributed by atoms with van der Waals surface area (Å²) in [7, 11) is 1.59. The molecule has 7 nitrogen and oxygen atoms in total. The Balaban J connectivity index is 1.74. The number of nitrogens with one attached hydrogen (secondary N) is 3. The number of carbonyl (C=O) groups excluding carboxylic acids is 3. The van der Waals surface area contributed by atoms with Crippen molar-refractivity contribution in [2.75, 3.05) is 7.11 Å². The first-order chi connectivity index (χ1) is 12.4. The molecule has 1 atom stereocenters. The number of methoxy groups -OCH3 is 1. The van der Waals surface area contributed by atoms with Gasteiger partial charge in [-0.3, -0.25) is 14.9 Å².